The van der Waals surface area contributed by atoms with Gasteiger partial charge in [-0.05, 0) is 49.3 Å². The molecule has 1 saturated carbocycles. The highest BCUT2D eigenvalue weighted by Crippen LogP contribution is 2.29. The Balaban J connectivity index is 1.74. The number of hydrogen-bond acceptors (Lipinski definition) is 5. The largest absolute Gasteiger partial charge is 0.508 e. The number of benzene rings is 1. The highest BCUT2D eigenvalue weighted by molar-refractivity contribution is 5.91. The molecule has 2 aliphatic rings. The standard InChI is InChI=1S/C22H30N2O5/c1-29-22(28)18-11-6-12-24(18)21(27)20(16-8-3-2-4-9-16)23-19(26)14-15-7-5-10-17(25)13-15/h5,7,10,13,16,18,20,25H,2-4,6,8-9,11-12,14H2,1H3,(H,23,26)/t18-,20-/m0/s1. The van der Waals surface area contributed by atoms with Gasteiger partial charge in [0.2, 0.25) is 11.8 Å². The molecule has 2 N–H and O–H groups in total. The molecule has 1 heterocycles. The lowest BCUT2D eigenvalue weighted by atomic mass is 9.83. The van der Waals surface area contributed by atoms with E-state index in [2.05, 4.69) is 5.32 Å². The molecule has 0 radical (unpaired) electrons. The first kappa shape index (κ1) is 21.1. The van der Waals surface area contributed by atoms with Crippen molar-refractivity contribution in [3.8, 4) is 5.75 Å². The molecule has 0 aromatic heterocycles. The van der Waals surface area contributed by atoms with Gasteiger partial charge in [0.25, 0.3) is 0 Å². The van der Waals surface area contributed by atoms with Crippen LogP contribution in [-0.2, 0) is 25.5 Å². The van der Waals surface area contributed by atoms with Crippen LogP contribution in [0.5, 0.6) is 5.75 Å². The molecule has 1 aromatic carbocycles. The zero-order valence-electron chi connectivity index (χ0n) is 16.9. The van der Waals surface area contributed by atoms with Crippen molar-refractivity contribution in [1.29, 1.82) is 0 Å². The first-order chi connectivity index (χ1) is 14.0. The SMILES string of the molecule is COC(=O)[C@@H]1CCCN1C(=O)[C@@H](NC(=O)Cc1cccc(O)c1)C1CCCCC1. The summed E-state index contributed by atoms with van der Waals surface area (Å²) >= 11 is 0. The minimum Gasteiger partial charge on any atom is -0.508 e. The fourth-order valence-corrected chi connectivity index (χ4v) is 4.52. The van der Waals surface area contributed by atoms with Crippen molar-refractivity contribution in [2.24, 2.45) is 5.92 Å². The van der Waals surface area contributed by atoms with Crippen LogP contribution in [0.1, 0.15) is 50.5 Å². The topological polar surface area (TPSA) is 95.9 Å². The normalized spacial score (nSPS) is 20.9. The number of amides is 2. The summed E-state index contributed by atoms with van der Waals surface area (Å²) in [4.78, 5) is 39.8. The van der Waals surface area contributed by atoms with Gasteiger partial charge >= 0.3 is 5.97 Å². The molecule has 7 heteroatoms. The van der Waals surface area contributed by atoms with E-state index in [0.717, 1.165) is 38.5 Å². The van der Waals surface area contributed by atoms with E-state index in [1.807, 2.05) is 0 Å². The number of phenolic OH excluding ortho intramolecular Hbond substituents is 1. The Morgan fingerprint density at radius 3 is 2.62 bits per heavy atom. The molecule has 0 spiro atoms. The summed E-state index contributed by atoms with van der Waals surface area (Å²) < 4.78 is 4.87. The highest BCUT2D eigenvalue weighted by Gasteiger charge is 2.41. The zero-order valence-corrected chi connectivity index (χ0v) is 16.9. The first-order valence-electron chi connectivity index (χ1n) is 10.4. The van der Waals surface area contributed by atoms with Crippen LogP contribution in [-0.4, -0.2) is 53.5 Å². The van der Waals surface area contributed by atoms with Gasteiger partial charge in [0, 0.05) is 6.54 Å². The van der Waals surface area contributed by atoms with Crippen LogP contribution in [0, 0.1) is 5.92 Å². The van der Waals surface area contributed by atoms with Crippen LogP contribution < -0.4 is 5.32 Å². The molecule has 0 unspecified atom stereocenters. The Bertz CT molecular complexity index is 744. The average molecular weight is 402 g/mol. The lowest BCUT2D eigenvalue weighted by Gasteiger charge is -2.34. The second-order valence-corrected chi connectivity index (χ2v) is 8.00. The molecular weight excluding hydrogens is 372 g/mol. The number of likely N-dealkylation sites (tertiary alicyclic amines) is 1. The van der Waals surface area contributed by atoms with Crippen molar-refractivity contribution in [2.45, 2.75) is 63.5 Å². The third-order valence-electron chi connectivity index (χ3n) is 5.99. The van der Waals surface area contributed by atoms with Crippen molar-refractivity contribution >= 4 is 17.8 Å². The van der Waals surface area contributed by atoms with E-state index in [1.54, 1.807) is 29.2 Å². The Labute approximate surface area is 171 Å². The molecule has 0 bridgehead atoms. The summed E-state index contributed by atoms with van der Waals surface area (Å²) in [5.74, 6) is -0.664. The maximum Gasteiger partial charge on any atom is 0.328 e. The van der Waals surface area contributed by atoms with Gasteiger partial charge in [-0.25, -0.2) is 4.79 Å². The van der Waals surface area contributed by atoms with E-state index in [9.17, 15) is 19.5 Å². The lowest BCUT2D eigenvalue weighted by molar-refractivity contribution is -0.152. The average Bonchev–Trinajstić information content (AvgIpc) is 3.21. The van der Waals surface area contributed by atoms with Crippen LogP contribution in [0.3, 0.4) is 0 Å². The Morgan fingerprint density at radius 1 is 1.17 bits per heavy atom. The molecule has 2 fully saturated rings. The van der Waals surface area contributed by atoms with Crippen molar-refractivity contribution in [2.75, 3.05) is 13.7 Å². The summed E-state index contributed by atoms with van der Waals surface area (Å²) in [5.41, 5.74) is 0.686. The Kier molecular flexibility index (Phi) is 7.12. The molecule has 1 aliphatic heterocycles. The molecule has 7 nitrogen and oxygen atoms in total. The van der Waals surface area contributed by atoms with E-state index in [4.69, 9.17) is 4.74 Å². The van der Waals surface area contributed by atoms with Gasteiger partial charge in [0.1, 0.15) is 17.8 Å². The number of nitrogens with zero attached hydrogens (tertiary/aromatic N) is 1. The second kappa shape index (κ2) is 9.76. The maximum atomic E-state index is 13.4. The molecule has 3 rings (SSSR count). The number of aromatic hydroxyl groups is 1. The van der Waals surface area contributed by atoms with Crippen molar-refractivity contribution in [3.05, 3.63) is 29.8 Å². The maximum absolute atomic E-state index is 13.4. The van der Waals surface area contributed by atoms with Gasteiger partial charge < -0.3 is 20.1 Å². The molecule has 2 atom stereocenters. The lowest BCUT2D eigenvalue weighted by Crippen LogP contribution is -2.55. The summed E-state index contributed by atoms with van der Waals surface area (Å²) in [7, 11) is 1.33. The minimum atomic E-state index is -0.634. The predicted octanol–water partition coefficient (Wildman–Crippen LogP) is 2.16. The van der Waals surface area contributed by atoms with Gasteiger partial charge in [-0.1, -0.05) is 31.4 Å². The van der Waals surface area contributed by atoms with Gasteiger partial charge in [0.15, 0.2) is 0 Å². The van der Waals surface area contributed by atoms with Crippen LogP contribution in [0.25, 0.3) is 0 Å². The van der Waals surface area contributed by atoms with Crippen LogP contribution in [0.15, 0.2) is 24.3 Å². The van der Waals surface area contributed by atoms with Crippen molar-refractivity contribution < 1.29 is 24.2 Å². The van der Waals surface area contributed by atoms with Gasteiger partial charge in [0.05, 0.1) is 13.5 Å². The highest BCUT2D eigenvalue weighted by atomic mass is 16.5. The van der Waals surface area contributed by atoms with Crippen LogP contribution in [0.4, 0.5) is 0 Å². The van der Waals surface area contributed by atoms with Gasteiger partial charge in [-0.3, -0.25) is 9.59 Å². The fourth-order valence-electron chi connectivity index (χ4n) is 4.52. The van der Waals surface area contributed by atoms with Crippen molar-refractivity contribution in [3.63, 3.8) is 0 Å². The third-order valence-corrected chi connectivity index (χ3v) is 5.99. The smallest absolute Gasteiger partial charge is 0.328 e. The Hall–Kier alpha value is -2.57. The number of carbonyl (C=O) groups is 3. The summed E-state index contributed by atoms with van der Waals surface area (Å²) in [6.07, 6.45) is 6.43. The van der Waals surface area contributed by atoms with E-state index in [-0.39, 0.29) is 29.9 Å². The van der Waals surface area contributed by atoms with E-state index in [0.29, 0.717) is 18.5 Å². The number of ether oxygens (including phenoxy) is 1. The second-order valence-electron chi connectivity index (χ2n) is 8.00. The summed E-state index contributed by atoms with van der Waals surface area (Å²) in [6, 6.07) is 5.35. The minimum absolute atomic E-state index is 0.0725. The van der Waals surface area contributed by atoms with Gasteiger partial charge in [-0.2, -0.15) is 0 Å². The van der Waals surface area contributed by atoms with Gasteiger partial charge in [-0.15, -0.1) is 0 Å². The monoisotopic (exact) mass is 402 g/mol. The Morgan fingerprint density at radius 2 is 1.93 bits per heavy atom. The molecule has 1 saturated heterocycles. The first-order valence-corrected chi connectivity index (χ1v) is 10.4. The van der Waals surface area contributed by atoms with Crippen LogP contribution in [0.2, 0.25) is 0 Å². The number of hydrogen-bond donors (Lipinski definition) is 2. The quantitative estimate of drug-likeness (QED) is 0.711. The number of phenols is 1. The summed E-state index contributed by atoms with van der Waals surface area (Å²) in [5, 5.41) is 12.6. The number of carbonyl (C=O) groups excluding carboxylic acids is 3. The number of rotatable bonds is 6. The molecule has 1 aliphatic carbocycles. The van der Waals surface area contributed by atoms with Crippen molar-refractivity contribution in [1.82, 2.24) is 10.2 Å². The third kappa shape index (κ3) is 5.28. The number of esters is 1. The summed E-state index contributed by atoms with van der Waals surface area (Å²) in [6.45, 7) is 0.504. The molecule has 2 amide bonds. The van der Waals surface area contributed by atoms with E-state index >= 15 is 0 Å². The fraction of sp³-hybridized carbons (Fsp3) is 0.591. The number of methoxy groups -OCH3 is 1. The predicted molar refractivity (Wildman–Crippen MR) is 107 cm³/mol. The molecular formula is C22H30N2O5. The zero-order chi connectivity index (χ0) is 20.8. The molecule has 29 heavy (non-hydrogen) atoms. The molecule has 158 valence electrons. The van der Waals surface area contributed by atoms with Crippen LogP contribution >= 0.6 is 0 Å². The molecule has 1 aromatic rings. The number of nitrogens with one attached hydrogen (secondary N) is 1. The van der Waals surface area contributed by atoms with E-state index in [1.165, 1.54) is 7.11 Å². The van der Waals surface area contributed by atoms with E-state index < -0.39 is 18.1 Å².